The summed E-state index contributed by atoms with van der Waals surface area (Å²) in [5, 5.41) is 2.71. The number of nitrogens with one attached hydrogen (secondary N) is 2. The Bertz CT molecular complexity index is 553. The van der Waals surface area contributed by atoms with Crippen LogP contribution in [-0.2, 0) is 10.0 Å². The molecule has 20 heavy (non-hydrogen) atoms. The van der Waals surface area contributed by atoms with Gasteiger partial charge in [-0.2, -0.15) is 0 Å². The zero-order valence-electron chi connectivity index (χ0n) is 11.9. The first kappa shape index (κ1) is 16.6. The molecule has 0 unspecified atom stereocenters. The van der Waals surface area contributed by atoms with Gasteiger partial charge in [0.2, 0.25) is 10.0 Å². The van der Waals surface area contributed by atoms with Gasteiger partial charge in [0.1, 0.15) is 0 Å². The van der Waals surface area contributed by atoms with E-state index in [0.717, 1.165) is 0 Å². The van der Waals surface area contributed by atoms with E-state index in [2.05, 4.69) is 10.0 Å². The van der Waals surface area contributed by atoms with E-state index < -0.39 is 10.0 Å². The summed E-state index contributed by atoms with van der Waals surface area (Å²) in [4.78, 5) is 12.0. The molecule has 0 aliphatic carbocycles. The molecule has 0 aromatic heterocycles. The fourth-order valence-corrected chi connectivity index (χ4v) is 2.78. The van der Waals surface area contributed by atoms with E-state index in [4.69, 9.17) is 5.73 Å². The monoisotopic (exact) mass is 299 g/mol. The summed E-state index contributed by atoms with van der Waals surface area (Å²) in [7, 11) is -3.53. The molecule has 1 rings (SSSR count). The molecule has 0 aliphatic rings. The number of amides is 1. The molecule has 0 bridgehead atoms. The van der Waals surface area contributed by atoms with Gasteiger partial charge in [-0.25, -0.2) is 13.1 Å². The smallest absolute Gasteiger partial charge is 0.251 e. The molecular formula is C13H21N3O3S. The lowest BCUT2D eigenvalue weighted by Gasteiger charge is -2.12. The van der Waals surface area contributed by atoms with Crippen LogP contribution in [0, 0.1) is 0 Å². The number of carbonyl (C=O) groups excluding carboxylic acids is 1. The average molecular weight is 299 g/mol. The van der Waals surface area contributed by atoms with Crippen molar-refractivity contribution in [1.82, 2.24) is 10.0 Å². The maximum atomic E-state index is 11.9. The van der Waals surface area contributed by atoms with E-state index >= 15 is 0 Å². The summed E-state index contributed by atoms with van der Waals surface area (Å²) in [6, 6.07) is 5.46. The third-order valence-corrected chi connectivity index (χ3v) is 4.22. The van der Waals surface area contributed by atoms with E-state index in [1.807, 2.05) is 0 Å². The summed E-state index contributed by atoms with van der Waals surface area (Å²) in [6.45, 7) is 5.63. The standard InChI is InChI=1S/C13H21N3O3S/c1-9(2)16-20(18,19)12-6-4-11(5-7-12)13(17)15-10(3)8-14/h4-7,9-10,16H,8,14H2,1-3H3,(H,15,17)/t10-/m0/s1. The fourth-order valence-electron chi connectivity index (χ4n) is 1.53. The number of benzene rings is 1. The second-order valence-electron chi connectivity index (χ2n) is 4.91. The summed E-state index contributed by atoms with van der Waals surface area (Å²) < 4.78 is 26.3. The SMILES string of the molecule is CC(C)NS(=O)(=O)c1ccc(C(=O)N[C@@H](C)CN)cc1. The van der Waals surface area contributed by atoms with Crippen LogP contribution in [0.15, 0.2) is 29.2 Å². The Morgan fingerprint density at radius 3 is 2.20 bits per heavy atom. The van der Waals surface area contributed by atoms with Crippen LogP contribution in [0.25, 0.3) is 0 Å². The van der Waals surface area contributed by atoms with Crippen LogP contribution in [0.3, 0.4) is 0 Å². The molecule has 0 spiro atoms. The van der Waals surface area contributed by atoms with Crippen molar-refractivity contribution in [2.24, 2.45) is 5.73 Å². The predicted molar refractivity (Wildman–Crippen MR) is 77.9 cm³/mol. The van der Waals surface area contributed by atoms with Crippen molar-refractivity contribution in [3.05, 3.63) is 29.8 Å². The van der Waals surface area contributed by atoms with Crippen LogP contribution in [0.5, 0.6) is 0 Å². The Morgan fingerprint density at radius 1 is 1.20 bits per heavy atom. The Balaban J connectivity index is 2.86. The van der Waals surface area contributed by atoms with Crippen molar-refractivity contribution in [3.63, 3.8) is 0 Å². The number of sulfonamides is 1. The van der Waals surface area contributed by atoms with Gasteiger partial charge in [-0.05, 0) is 45.0 Å². The molecule has 0 saturated heterocycles. The van der Waals surface area contributed by atoms with Gasteiger partial charge in [0, 0.05) is 24.2 Å². The summed E-state index contributed by atoms with van der Waals surface area (Å²) in [5.41, 5.74) is 5.82. The Morgan fingerprint density at radius 2 is 1.75 bits per heavy atom. The quantitative estimate of drug-likeness (QED) is 0.710. The number of carbonyl (C=O) groups is 1. The molecule has 1 amide bonds. The van der Waals surface area contributed by atoms with E-state index in [9.17, 15) is 13.2 Å². The molecule has 7 heteroatoms. The Hall–Kier alpha value is -1.44. The number of rotatable bonds is 6. The maximum absolute atomic E-state index is 11.9. The highest BCUT2D eigenvalue weighted by atomic mass is 32.2. The molecule has 112 valence electrons. The largest absolute Gasteiger partial charge is 0.348 e. The van der Waals surface area contributed by atoms with Crippen LogP contribution < -0.4 is 15.8 Å². The van der Waals surface area contributed by atoms with Crippen LogP contribution in [-0.4, -0.2) is 33.0 Å². The zero-order chi connectivity index (χ0) is 15.3. The van der Waals surface area contributed by atoms with E-state index in [1.165, 1.54) is 24.3 Å². The molecule has 0 saturated carbocycles. The van der Waals surface area contributed by atoms with Crippen LogP contribution in [0.2, 0.25) is 0 Å². The molecule has 4 N–H and O–H groups in total. The van der Waals surface area contributed by atoms with Crippen LogP contribution >= 0.6 is 0 Å². The second-order valence-corrected chi connectivity index (χ2v) is 6.62. The zero-order valence-corrected chi connectivity index (χ0v) is 12.7. The van der Waals surface area contributed by atoms with Gasteiger partial charge in [0.15, 0.2) is 0 Å². The first-order chi connectivity index (χ1) is 9.26. The normalized spacial score (nSPS) is 13.2. The third kappa shape index (κ3) is 4.59. The lowest BCUT2D eigenvalue weighted by atomic mass is 10.2. The van der Waals surface area contributed by atoms with Gasteiger partial charge in [-0.3, -0.25) is 4.79 Å². The van der Waals surface area contributed by atoms with Crippen molar-refractivity contribution in [2.75, 3.05) is 6.54 Å². The second kappa shape index (κ2) is 6.83. The molecule has 6 nitrogen and oxygen atoms in total. The highest BCUT2D eigenvalue weighted by molar-refractivity contribution is 7.89. The summed E-state index contributed by atoms with van der Waals surface area (Å²) >= 11 is 0. The van der Waals surface area contributed by atoms with Gasteiger partial charge < -0.3 is 11.1 Å². The minimum atomic E-state index is -3.53. The van der Waals surface area contributed by atoms with E-state index in [-0.39, 0.29) is 22.9 Å². The van der Waals surface area contributed by atoms with Gasteiger partial charge in [0.25, 0.3) is 5.91 Å². The van der Waals surface area contributed by atoms with Crippen LogP contribution in [0.1, 0.15) is 31.1 Å². The van der Waals surface area contributed by atoms with Crippen molar-refractivity contribution in [1.29, 1.82) is 0 Å². The highest BCUT2D eigenvalue weighted by Crippen LogP contribution is 2.11. The molecule has 1 aromatic rings. The first-order valence-corrected chi connectivity index (χ1v) is 7.88. The van der Waals surface area contributed by atoms with Gasteiger partial charge >= 0.3 is 0 Å². The minimum Gasteiger partial charge on any atom is -0.348 e. The molecule has 0 heterocycles. The van der Waals surface area contributed by atoms with Gasteiger partial charge in [-0.15, -0.1) is 0 Å². The first-order valence-electron chi connectivity index (χ1n) is 6.39. The fraction of sp³-hybridized carbons (Fsp3) is 0.462. The topological polar surface area (TPSA) is 101 Å². The van der Waals surface area contributed by atoms with Gasteiger partial charge in [-0.1, -0.05) is 0 Å². The van der Waals surface area contributed by atoms with Crippen molar-refractivity contribution < 1.29 is 13.2 Å². The summed E-state index contributed by atoms with van der Waals surface area (Å²) in [5.74, 6) is -0.274. The molecule has 0 aliphatic heterocycles. The van der Waals surface area contributed by atoms with E-state index in [0.29, 0.717) is 12.1 Å². The average Bonchev–Trinajstić information content (AvgIpc) is 2.37. The molecule has 0 fully saturated rings. The highest BCUT2D eigenvalue weighted by Gasteiger charge is 2.16. The lowest BCUT2D eigenvalue weighted by Crippen LogP contribution is -2.37. The number of nitrogens with two attached hydrogens (primary N) is 1. The van der Waals surface area contributed by atoms with Crippen molar-refractivity contribution in [3.8, 4) is 0 Å². The summed E-state index contributed by atoms with van der Waals surface area (Å²) in [6.07, 6.45) is 0. The molecule has 1 atom stereocenters. The Kier molecular flexibility index (Phi) is 5.67. The molecular weight excluding hydrogens is 278 g/mol. The molecule has 0 radical (unpaired) electrons. The number of hydrogen-bond acceptors (Lipinski definition) is 4. The van der Waals surface area contributed by atoms with Crippen molar-refractivity contribution >= 4 is 15.9 Å². The lowest BCUT2D eigenvalue weighted by molar-refractivity contribution is 0.0941. The third-order valence-electron chi connectivity index (χ3n) is 2.55. The number of hydrogen-bond donors (Lipinski definition) is 3. The van der Waals surface area contributed by atoms with Gasteiger partial charge in [0.05, 0.1) is 4.90 Å². The minimum absolute atomic E-state index is 0.131. The van der Waals surface area contributed by atoms with E-state index in [1.54, 1.807) is 20.8 Å². The Labute approximate surface area is 119 Å². The van der Waals surface area contributed by atoms with Crippen molar-refractivity contribution in [2.45, 2.75) is 37.8 Å². The molecule has 1 aromatic carbocycles. The maximum Gasteiger partial charge on any atom is 0.251 e. The van der Waals surface area contributed by atoms with Crippen LogP contribution in [0.4, 0.5) is 0 Å². The predicted octanol–water partition coefficient (Wildman–Crippen LogP) is 0.450.